The number of hydrogen-bond acceptors (Lipinski definition) is 3. The number of rotatable bonds is 2. The summed E-state index contributed by atoms with van der Waals surface area (Å²) < 4.78 is 0. The summed E-state index contributed by atoms with van der Waals surface area (Å²) in [5, 5.41) is 11.0. The number of nitrogens with two attached hydrogens (primary N) is 2. The van der Waals surface area contributed by atoms with E-state index in [4.69, 9.17) is 16.6 Å². The van der Waals surface area contributed by atoms with Crippen LogP contribution >= 0.6 is 0 Å². The first-order chi connectivity index (χ1) is 3.66. The Kier molecular flexibility index (Phi) is 2.90. The van der Waals surface area contributed by atoms with Crippen LogP contribution in [0, 0.1) is 0 Å². The highest BCUT2D eigenvalue weighted by Crippen LogP contribution is 1.71. The van der Waals surface area contributed by atoms with E-state index in [1.165, 1.54) is 7.05 Å². The fourth-order valence-electron chi connectivity index (χ4n) is 0.206. The first kappa shape index (κ1) is 7.19. The minimum Gasteiger partial charge on any atom is -0.370 e. The second-order valence-corrected chi connectivity index (χ2v) is 1.22. The van der Waals surface area contributed by atoms with Gasteiger partial charge in [-0.3, -0.25) is 5.32 Å². The van der Waals surface area contributed by atoms with Crippen molar-refractivity contribution in [2.75, 3.05) is 7.05 Å². The Labute approximate surface area is 47.4 Å². The van der Waals surface area contributed by atoms with Crippen LogP contribution in [0.2, 0.25) is 0 Å². The second-order valence-electron chi connectivity index (χ2n) is 1.22. The van der Waals surface area contributed by atoms with Gasteiger partial charge in [0.25, 0.3) is 0 Å². The van der Waals surface area contributed by atoms with Crippen molar-refractivity contribution in [3.05, 3.63) is 0 Å². The van der Waals surface area contributed by atoms with Crippen LogP contribution in [0.1, 0.15) is 0 Å². The summed E-state index contributed by atoms with van der Waals surface area (Å²) in [5.41, 5.74) is 9.79. The molecule has 0 aliphatic rings. The molecule has 0 aliphatic heterocycles. The number of hydrogen-bond donors (Lipinski definition) is 4. The highest BCUT2D eigenvalue weighted by Gasteiger charge is 1.91. The van der Waals surface area contributed by atoms with Crippen LogP contribution in [-0.2, 0) is 0 Å². The summed E-state index contributed by atoms with van der Waals surface area (Å²) in [6.45, 7) is 0. The molecule has 0 spiro atoms. The number of nitrogens with one attached hydrogen (secondary N) is 1. The standard InChI is InChI=1S/C3H10N4O/c1-6-3(8)7-2(4)5/h3,6,8H,1H3,(H4,4,5,7). The van der Waals surface area contributed by atoms with Gasteiger partial charge in [-0.15, -0.1) is 0 Å². The third-order valence-corrected chi connectivity index (χ3v) is 0.530. The van der Waals surface area contributed by atoms with Crippen LogP contribution in [0.25, 0.3) is 0 Å². The fourth-order valence-corrected chi connectivity index (χ4v) is 0.206. The molecule has 48 valence electrons. The van der Waals surface area contributed by atoms with E-state index in [2.05, 4.69) is 10.3 Å². The van der Waals surface area contributed by atoms with E-state index in [0.29, 0.717) is 0 Å². The Morgan fingerprint density at radius 3 is 2.38 bits per heavy atom. The summed E-state index contributed by atoms with van der Waals surface area (Å²) >= 11 is 0. The van der Waals surface area contributed by atoms with E-state index >= 15 is 0 Å². The lowest BCUT2D eigenvalue weighted by Crippen LogP contribution is -2.30. The maximum absolute atomic E-state index is 8.57. The molecule has 0 bridgehead atoms. The van der Waals surface area contributed by atoms with E-state index in [-0.39, 0.29) is 5.96 Å². The number of aliphatic hydroxyl groups excluding tert-OH is 1. The smallest absolute Gasteiger partial charge is 0.205 e. The molecule has 0 saturated carbocycles. The van der Waals surface area contributed by atoms with Gasteiger partial charge in [0.15, 0.2) is 5.96 Å². The van der Waals surface area contributed by atoms with Gasteiger partial charge in [-0.05, 0) is 7.05 Å². The van der Waals surface area contributed by atoms with Gasteiger partial charge in [0, 0.05) is 0 Å². The van der Waals surface area contributed by atoms with Crippen LogP contribution in [0.5, 0.6) is 0 Å². The summed E-state index contributed by atoms with van der Waals surface area (Å²) in [5.74, 6) is -0.133. The molecule has 0 heterocycles. The zero-order chi connectivity index (χ0) is 6.57. The van der Waals surface area contributed by atoms with Gasteiger partial charge in [-0.1, -0.05) is 0 Å². The van der Waals surface area contributed by atoms with Crippen LogP contribution in [0.3, 0.4) is 0 Å². The van der Waals surface area contributed by atoms with Crippen molar-refractivity contribution in [1.82, 2.24) is 5.32 Å². The molecule has 0 fully saturated rings. The Bertz CT molecular complexity index is 87.3. The van der Waals surface area contributed by atoms with Crippen molar-refractivity contribution >= 4 is 5.96 Å². The van der Waals surface area contributed by atoms with Gasteiger partial charge >= 0.3 is 0 Å². The summed E-state index contributed by atoms with van der Waals surface area (Å²) in [6.07, 6.45) is -0.986. The SMILES string of the molecule is CNC(O)N=C(N)N. The second kappa shape index (κ2) is 3.23. The molecule has 6 N–H and O–H groups in total. The molecule has 0 aromatic heterocycles. The minimum absolute atomic E-state index is 0.133. The Hall–Kier alpha value is -0.810. The zero-order valence-electron chi connectivity index (χ0n) is 4.63. The molecule has 1 unspecified atom stereocenters. The maximum atomic E-state index is 8.57. The van der Waals surface area contributed by atoms with Gasteiger partial charge in [-0.25, -0.2) is 4.99 Å². The van der Waals surface area contributed by atoms with E-state index in [0.717, 1.165) is 0 Å². The Morgan fingerprint density at radius 1 is 1.75 bits per heavy atom. The van der Waals surface area contributed by atoms with Crippen LogP contribution < -0.4 is 16.8 Å². The van der Waals surface area contributed by atoms with Gasteiger partial charge < -0.3 is 16.6 Å². The number of aliphatic hydroxyl groups is 1. The van der Waals surface area contributed by atoms with E-state index in [9.17, 15) is 0 Å². The molecule has 1 atom stereocenters. The topological polar surface area (TPSA) is 96.7 Å². The van der Waals surface area contributed by atoms with Crippen molar-refractivity contribution in [1.29, 1.82) is 0 Å². The van der Waals surface area contributed by atoms with Crippen molar-refractivity contribution < 1.29 is 5.11 Å². The molecular weight excluding hydrogens is 108 g/mol. The summed E-state index contributed by atoms with van der Waals surface area (Å²) in [6, 6.07) is 0. The molecule has 5 heteroatoms. The van der Waals surface area contributed by atoms with Crippen molar-refractivity contribution in [3.8, 4) is 0 Å². The molecule has 8 heavy (non-hydrogen) atoms. The quantitative estimate of drug-likeness (QED) is 0.187. The largest absolute Gasteiger partial charge is 0.370 e. The number of guanidine groups is 1. The first-order valence-corrected chi connectivity index (χ1v) is 2.11. The van der Waals surface area contributed by atoms with Crippen molar-refractivity contribution in [2.45, 2.75) is 6.35 Å². The molecule has 0 aromatic rings. The first-order valence-electron chi connectivity index (χ1n) is 2.11. The molecule has 0 amide bonds. The van der Waals surface area contributed by atoms with E-state index in [1.807, 2.05) is 0 Å². The Balaban J connectivity index is 3.51. The molecule has 0 rings (SSSR count). The lowest BCUT2D eigenvalue weighted by molar-refractivity contribution is 0.156. The fraction of sp³-hybridized carbons (Fsp3) is 0.667. The van der Waals surface area contributed by atoms with E-state index in [1.54, 1.807) is 0 Å². The molecule has 0 saturated heterocycles. The molecular formula is C3H10N4O. The van der Waals surface area contributed by atoms with Gasteiger partial charge in [-0.2, -0.15) is 0 Å². The molecule has 5 nitrogen and oxygen atoms in total. The number of aliphatic imine (C=N–C) groups is 1. The maximum Gasteiger partial charge on any atom is 0.205 e. The Morgan fingerprint density at radius 2 is 2.25 bits per heavy atom. The average Bonchev–Trinajstić information content (AvgIpc) is 1.65. The van der Waals surface area contributed by atoms with Gasteiger partial charge in [0.1, 0.15) is 0 Å². The average molecular weight is 118 g/mol. The predicted molar refractivity (Wildman–Crippen MR) is 30.9 cm³/mol. The normalized spacial score (nSPS) is 12.8. The third-order valence-electron chi connectivity index (χ3n) is 0.530. The number of nitrogens with zero attached hydrogens (tertiary/aromatic N) is 1. The highest BCUT2D eigenvalue weighted by atomic mass is 16.3. The van der Waals surface area contributed by atoms with Crippen LogP contribution in [0.4, 0.5) is 0 Å². The highest BCUT2D eigenvalue weighted by molar-refractivity contribution is 5.75. The van der Waals surface area contributed by atoms with Crippen molar-refractivity contribution in [3.63, 3.8) is 0 Å². The predicted octanol–water partition coefficient (Wildman–Crippen LogP) is -2.24. The van der Waals surface area contributed by atoms with Crippen LogP contribution in [-0.4, -0.2) is 24.5 Å². The summed E-state index contributed by atoms with van der Waals surface area (Å²) in [7, 11) is 1.54. The van der Waals surface area contributed by atoms with Gasteiger partial charge in [0.05, 0.1) is 0 Å². The minimum atomic E-state index is -0.986. The third kappa shape index (κ3) is 3.38. The van der Waals surface area contributed by atoms with E-state index < -0.39 is 6.35 Å². The lowest BCUT2D eigenvalue weighted by atomic mass is 10.9. The molecule has 0 radical (unpaired) electrons. The lowest BCUT2D eigenvalue weighted by Gasteiger charge is -2.00. The monoisotopic (exact) mass is 118 g/mol. The van der Waals surface area contributed by atoms with Crippen molar-refractivity contribution in [2.24, 2.45) is 16.5 Å². The zero-order valence-corrected chi connectivity index (χ0v) is 4.63. The molecule has 0 aliphatic carbocycles. The van der Waals surface area contributed by atoms with Crippen LogP contribution in [0.15, 0.2) is 4.99 Å². The van der Waals surface area contributed by atoms with Gasteiger partial charge in [0.2, 0.25) is 6.35 Å². The summed E-state index contributed by atoms with van der Waals surface area (Å²) in [4.78, 5) is 3.31. The molecule has 0 aromatic carbocycles.